The fourth-order valence-corrected chi connectivity index (χ4v) is 4.47. The van der Waals surface area contributed by atoms with Crippen molar-refractivity contribution in [1.82, 2.24) is 9.55 Å². The van der Waals surface area contributed by atoms with Gasteiger partial charge in [-0.05, 0) is 60.9 Å². The van der Waals surface area contributed by atoms with E-state index in [1.54, 1.807) is 12.1 Å². The van der Waals surface area contributed by atoms with Gasteiger partial charge in [0.15, 0.2) is 0 Å². The smallest absolute Gasteiger partial charge is 0.227 e. The molecular weight excluding hydrogens is 389 g/mol. The van der Waals surface area contributed by atoms with Crippen molar-refractivity contribution < 1.29 is 9.18 Å². The van der Waals surface area contributed by atoms with E-state index < -0.39 is 0 Å². The average Bonchev–Trinajstić information content (AvgIpc) is 3.32. The van der Waals surface area contributed by atoms with Gasteiger partial charge in [-0.1, -0.05) is 36.4 Å². The largest absolute Gasteiger partial charge is 0.323 e. The molecule has 0 spiro atoms. The summed E-state index contributed by atoms with van der Waals surface area (Å²) in [5.74, 6) is 0.788. The van der Waals surface area contributed by atoms with E-state index in [0.29, 0.717) is 19.5 Å². The Morgan fingerprint density at radius 2 is 1.81 bits per heavy atom. The second-order valence-electron chi connectivity index (χ2n) is 8.37. The van der Waals surface area contributed by atoms with Gasteiger partial charge >= 0.3 is 0 Å². The van der Waals surface area contributed by atoms with Crippen LogP contribution in [0, 0.1) is 19.7 Å². The minimum Gasteiger partial charge on any atom is -0.323 e. The first-order valence-electron chi connectivity index (χ1n) is 10.6. The molecule has 1 aliphatic rings. The van der Waals surface area contributed by atoms with E-state index in [1.807, 2.05) is 36.9 Å². The number of benzene rings is 3. The van der Waals surface area contributed by atoms with Gasteiger partial charge in [0.05, 0.1) is 11.0 Å². The Balaban J connectivity index is 1.53. The number of aromatic nitrogens is 2. The molecule has 3 aromatic carbocycles. The Hall–Kier alpha value is -3.47. The van der Waals surface area contributed by atoms with Crippen molar-refractivity contribution >= 4 is 22.6 Å². The quantitative estimate of drug-likeness (QED) is 0.452. The standard InChI is InChI=1S/C26H24FN3O/c1-17-7-8-18(2)24(13-17)29-16-20(14-25(29)31)26-28-22-5-3-4-6-23(22)30(26)15-19-9-11-21(27)12-10-19/h3-13,20H,14-16H2,1-2H3. The van der Waals surface area contributed by atoms with Crippen LogP contribution in [0.3, 0.4) is 0 Å². The molecule has 1 amide bonds. The number of anilines is 1. The Morgan fingerprint density at radius 1 is 1.03 bits per heavy atom. The van der Waals surface area contributed by atoms with Gasteiger partial charge in [-0.2, -0.15) is 0 Å². The third-order valence-electron chi connectivity index (χ3n) is 6.08. The summed E-state index contributed by atoms with van der Waals surface area (Å²) in [4.78, 5) is 19.8. The molecule has 0 aliphatic carbocycles. The van der Waals surface area contributed by atoms with Crippen LogP contribution in [-0.4, -0.2) is 22.0 Å². The van der Waals surface area contributed by atoms with Gasteiger partial charge in [0, 0.05) is 31.1 Å². The van der Waals surface area contributed by atoms with Crippen LogP contribution in [0.1, 0.15) is 34.9 Å². The molecule has 0 radical (unpaired) electrons. The Bertz CT molecular complexity index is 1280. The van der Waals surface area contributed by atoms with Gasteiger partial charge in [-0.25, -0.2) is 9.37 Å². The molecule has 0 N–H and O–H groups in total. The number of rotatable bonds is 4. The molecule has 5 rings (SSSR count). The zero-order valence-electron chi connectivity index (χ0n) is 17.7. The van der Waals surface area contributed by atoms with Crippen LogP contribution in [0.5, 0.6) is 0 Å². The Kier molecular flexibility index (Phi) is 4.81. The van der Waals surface area contributed by atoms with Crippen LogP contribution in [0.25, 0.3) is 11.0 Å². The average molecular weight is 413 g/mol. The highest BCUT2D eigenvalue weighted by Gasteiger charge is 2.35. The first-order chi connectivity index (χ1) is 15.0. The maximum Gasteiger partial charge on any atom is 0.227 e. The predicted molar refractivity (Wildman–Crippen MR) is 121 cm³/mol. The van der Waals surface area contributed by atoms with Gasteiger partial charge in [0.25, 0.3) is 0 Å². The van der Waals surface area contributed by atoms with Gasteiger partial charge in [-0.15, -0.1) is 0 Å². The molecule has 5 heteroatoms. The molecule has 4 aromatic rings. The monoisotopic (exact) mass is 413 g/mol. The third kappa shape index (κ3) is 3.61. The van der Waals surface area contributed by atoms with Gasteiger partial charge in [0.2, 0.25) is 5.91 Å². The number of para-hydroxylation sites is 2. The number of hydrogen-bond donors (Lipinski definition) is 0. The molecule has 31 heavy (non-hydrogen) atoms. The van der Waals surface area contributed by atoms with Crippen molar-refractivity contribution in [3.63, 3.8) is 0 Å². The Morgan fingerprint density at radius 3 is 2.61 bits per heavy atom. The van der Waals surface area contributed by atoms with E-state index in [4.69, 9.17) is 4.98 Å². The molecule has 1 atom stereocenters. The Labute approximate surface area is 181 Å². The van der Waals surface area contributed by atoms with E-state index >= 15 is 0 Å². The van der Waals surface area contributed by atoms with E-state index in [2.05, 4.69) is 28.8 Å². The zero-order valence-corrected chi connectivity index (χ0v) is 17.7. The highest BCUT2D eigenvalue weighted by atomic mass is 19.1. The zero-order chi connectivity index (χ0) is 21.5. The maximum absolute atomic E-state index is 13.4. The maximum atomic E-state index is 13.4. The van der Waals surface area contributed by atoms with Gasteiger partial charge < -0.3 is 9.47 Å². The first-order valence-corrected chi connectivity index (χ1v) is 10.6. The van der Waals surface area contributed by atoms with E-state index in [0.717, 1.165) is 39.2 Å². The topological polar surface area (TPSA) is 38.1 Å². The number of nitrogens with zero attached hydrogens (tertiary/aromatic N) is 3. The minimum absolute atomic E-state index is 0.000241. The van der Waals surface area contributed by atoms with E-state index in [-0.39, 0.29) is 17.6 Å². The van der Waals surface area contributed by atoms with Crippen molar-refractivity contribution in [2.75, 3.05) is 11.4 Å². The van der Waals surface area contributed by atoms with Crippen LogP contribution >= 0.6 is 0 Å². The summed E-state index contributed by atoms with van der Waals surface area (Å²) in [6.45, 7) is 5.28. The molecule has 4 nitrogen and oxygen atoms in total. The number of carbonyl (C=O) groups excluding carboxylic acids is 1. The van der Waals surface area contributed by atoms with Crippen molar-refractivity contribution in [2.45, 2.75) is 32.7 Å². The summed E-state index contributed by atoms with van der Waals surface area (Å²) in [6.07, 6.45) is 0.431. The highest BCUT2D eigenvalue weighted by Crippen LogP contribution is 2.35. The van der Waals surface area contributed by atoms with Crippen LogP contribution in [0.2, 0.25) is 0 Å². The molecular formula is C26H24FN3O. The SMILES string of the molecule is Cc1ccc(C)c(N2CC(c3nc4ccccc4n3Cc3ccc(F)cc3)CC2=O)c1. The molecule has 1 saturated heterocycles. The van der Waals surface area contributed by atoms with Crippen molar-refractivity contribution in [1.29, 1.82) is 0 Å². The summed E-state index contributed by atoms with van der Waals surface area (Å²) >= 11 is 0. The summed E-state index contributed by atoms with van der Waals surface area (Å²) in [5, 5.41) is 0. The summed E-state index contributed by atoms with van der Waals surface area (Å²) in [7, 11) is 0. The number of imidazole rings is 1. The number of halogens is 1. The summed E-state index contributed by atoms with van der Waals surface area (Å²) in [6, 6.07) is 20.8. The fraction of sp³-hybridized carbons (Fsp3) is 0.231. The van der Waals surface area contributed by atoms with Crippen LogP contribution < -0.4 is 4.90 Å². The van der Waals surface area contributed by atoms with Gasteiger partial charge in [-0.3, -0.25) is 4.79 Å². The molecule has 156 valence electrons. The van der Waals surface area contributed by atoms with E-state index in [1.165, 1.54) is 12.1 Å². The third-order valence-corrected chi connectivity index (χ3v) is 6.08. The second kappa shape index (κ2) is 7.65. The normalized spacial score (nSPS) is 16.4. The molecule has 1 aromatic heterocycles. The molecule has 1 aliphatic heterocycles. The lowest BCUT2D eigenvalue weighted by Crippen LogP contribution is -2.25. The number of hydrogen-bond acceptors (Lipinski definition) is 2. The van der Waals surface area contributed by atoms with Crippen molar-refractivity contribution in [3.8, 4) is 0 Å². The molecule has 0 saturated carbocycles. The lowest BCUT2D eigenvalue weighted by Gasteiger charge is -2.20. The first kappa shape index (κ1) is 19.5. The van der Waals surface area contributed by atoms with E-state index in [9.17, 15) is 9.18 Å². The number of carbonyl (C=O) groups is 1. The van der Waals surface area contributed by atoms with Crippen LogP contribution in [0.15, 0.2) is 66.7 Å². The fourth-order valence-electron chi connectivity index (χ4n) is 4.47. The predicted octanol–water partition coefficient (Wildman–Crippen LogP) is 5.36. The number of aryl methyl sites for hydroxylation is 2. The molecule has 1 unspecified atom stereocenters. The lowest BCUT2D eigenvalue weighted by atomic mass is 10.1. The molecule has 2 heterocycles. The number of amides is 1. The second-order valence-corrected chi connectivity index (χ2v) is 8.37. The highest BCUT2D eigenvalue weighted by molar-refractivity contribution is 5.97. The lowest BCUT2D eigenvalue weighted by molar-refractivity contribution is -0.117. The summed E-state index contributed by atoms with van der Waals surface area (Å²) < 4.78 is 15.6. The van der Waals surface area contributed by atoms with Crippen LogP contribution in [-0.2, 0) is 11.3 Å². The summed E-state index contributed by atoms with van der Waals surface area (Å²) in [5.41, 5.74) is 6.16. The van der Waals surface area contributed by atoms with Crippen molar-refractivity contribution in [2.24, 2.45) is 0 Å². The van der Waals surface area contributed by atoms with Crippen LogP contribution in [0.4, 0.5) is 10.1 Å². The van der Waals surface area contributed by atoms with Crippen molar-refractivity contribution in [3.05, 3.63) is 95.1 Å². The molecule has 0 bridgehead atoms. The number of fused-ring (bicyclic) bond motifs is 1. The van der Waals surface area contributed by atoms with Gasteiger partial charge in [0.1, 0.15) is 11.6 Å². The minimum atomic E-state index is -0.245. The molecule has 1 fully saturated rings.